The van der Waals surface area contributed by atoms with Gasteiger partial charge in [-0.25, -0.2) is 4.39 Å². The summed E-state index contributed by atoms with van der Waals surface area (Å²) in [6, 6.07) is 4.50. The molecule has 0 radical (unpaired) electrons. The number of benzene rings is 1. The van der Waals surface area contributed by atoms with Crippen molar-refractivity contribution < 1.29 is 13.9 Å². The van der Waals surface area contributed by atoms with Gasteiger partial charge in [0.05, 0.1) is 4.47 Å². The number of piperidine rings is 1. The smallest absolute Gasteiger partial charge is 0.263 e. The molecule has 116 valence electrons. The molecule has 2 atom stereocenters. The zero-order valence-corrected chi connectivity index (χ0v) is 13.8. The summed E-state index contributed by atoms with van der Waals surface area (Å²) < 4.78 is 19.2. The van der Waals surface area contributed by atoms with Crippen LogP contribution in [0.5, 0.6) is 5.75 Å². The lowest BCUT2D eigenvalue weighted by Gasteiger charge is -2.34. The Morgan fingerprint density at radius 1 is 1.57 bits per heavy atom. The summed E-state index contributed by atoms with van der Waals surface area (Å²) in [5.74, 6) is 0.0895. The van der Waals surface area contributed by atoms with Crippen molar-refractivity contribution in [2.45, 2.75) is 31.9 Å². The van der Waals surface area contributed by atoms with Crippen molar-refractivity contribution in [3.05, 3.63) is 28.5 Å². The number of carbonyl (C=O) groups excluding carboxylic acids is 1. The molecule has 1 aliphatic rings. The number of amides is 1. The number of rotatable bonds is 4. The highest BCUT2D eigenvalue weighted by Gasteiger charge is 2.27. The maximum absolute atomic E-state index is 13.0. The van der Waals surface area contributed by atoms with E-state index < -0.39 is 6.10 Å². The summed E-state index contributed by atoms with van der Waals surface area (Å²) in [6.07, 6.45) is 1.48. The van der Waals surface area contributed by atoms with Crippen molar-refractivity contribution >= 4 is 21.8 Å². The van der Waals surface area contributed by atoms with Gasteiger partial charge in [-0.05, 0) is 60.9 Å². The lowest BCUT2D eigenvalue weighted by molar-refractivity contribution is -0.139. The Labute approximate surface area is 132 Å². The molecule has 1 saturated heterocycles. The van der Waals surface area contributed by atoms with Crippen LogP contribution in [0.25, 0.3) is 0 Å². The summed E-state index contributed by atoms with van der Waals surface area (Å²) in [4.78, 5) is 14.3. The van der Waals surface area contributed by atoms with Gasteiger partial charge in [0.25, 0.3) is 5.91 Å². The van der Waals surface area contributed by atoms with Gasteiger partial charge < -0.3 is 15.0 Å². The molecular weight excluding hydrogens is 339 g/mol. The first-order valence-corrected chi connectivity index (χ1v) is 7.88. The Morgan fingerprint density at radius 2 is 2.33 bits per heavy atom. The number of likely N-dealkylation sites (tertiary alicyclic amines) is 1. The number of ether oxygens (including phenoxy) is 1. The third-order valence-corrected chi connectivity index (χ3v) is 4.31. The van der Waals surface area contributed by atoms with Crippen molar-refractivity contribution in [2.75, 3.05) is 20.1 Å². The minimum atomic E-state index is -0.595. The van der Waals surface area contributed by atoms with Gasteiger partial charge in [0, 0.05) is 19.1 Å². The van der Waals surface area contributed by atoms with Crippen LogP contribution in [0.15, 0.2) is 22.7 Å². The lowest BCUT2D eigenvalue weighted by atomic mass is 10.1. The topological polar surface area (TPSA) is 41.6 Å². The fourth-order valence-electron chi connectivity index (χ4n) is 2.48. The molecule has 0 unspecified atom stereocenters. The molecule has 4 nitrogen and oxygen atoms in total. The predicted molar refractivity (Wildman–Crippen MR) is 82.9 cm³/mol. The van der Waals surface area contributed by atoms with E-state index in [-0.39, 0.29) is 11.7 Å². The van der Waals surface area contributed by atoms with Crippen LogP contribution in [-0.4, -0.2) is 43.1 Å². The van der Waals surface area contributed by atoms with Gasteiger partial charge in [-0.1, -0.05) is 0 Å². The van der Waals surface area contributed by atoms with Crippen molar-refractivity contribution in [1.29, 1.82) is 0 Å². The van der Waals surface area contributed by atoms with Gasteiger partial charge in [-0.2, -0.15) is 0 Å². The second kappa shape index (κ2) is 7.22. The third kappa shape index (κ3) is 4.17. The van der Waals surface area contributed by atoms with Gasteiger partial charge >= 0.3 is 0 Å². The number of hydrogen-bond acceptors (Lipinski definition) is 3. The zero-order valence-electron chi connectivity index (χ0n) is 12.2. The lowest BCUT2D eigenvalue weighted by Crippen LogP contribution is -2.50. The highest BCUT2D eigenvalue weighted by Crippen LogP contribution is 2.26. The fourth-order valence-corrected chi connectivity index (χ4v) is 2.93. The number of hydrogen-bond donors (Lipinski definition) is 1. The van der Waals surface area contributed by atoms with Crippen LogP contribution in [0.4, 0.5) is 4.39 Å². The van der Waals surface area contributed by atoms with Crippen LogP contribution in [0, 0.1) is 5.82 Å². The van der Waals surface area contributed by atoms with Gasteiger partial charge in [0.1, 0.15) is 11.6 Å². The maximum Gasteiger partial charge on any atom is 0.263 e. The number of nitrogens with zero attached hydrogens (tertiary/aromatic N) is 1. The van der Waals surface area contributed by atoms with E-state index >= 15 is 0 Å². The molecule has 6 heteroatoms. The summed E-state index contributed by atoms with van der Waals surface area (Å²) in [5, 5.41) is 3.21. The Balaban J connectivity index is 1.99. The van der Waals surface area contributed by atoms with Gasteiger partial charge in [0.2, 0.25) is 0 Å². The second-order valence-electron chi connectivity index (χ2n) is 5.25. The van der Waals surface area contributed by atoms with Crippen molar-refractivity contribution in [3.63, 3.8) is 0 Å². The number of likely N-dealkylation sites (N-methyl/N-ethyl adjacent to an activating group) is 1. The monoisotopic (exact) mass is 358 g/mol. The van der Waals surface area contributed by atoms with E-state index in [9.17, 15) is 9.18 Å². The SMILES string of the molecule is CN[C@H]1CCCN(C(=O)[C@@H](C)Oc2ccc(F)cc2Br)C1. The summed E-state index contributed by atoms with van der Waals surface area (Å²) >= 11 is 3.24. The average molecular weight is 359 g/mol. The van der Waals surface area contributed by atoms with Crippen LogP contribution < -0.4 is 10.1 Å². The van der Waals surface area contributed by atoms with Gasteiger partial charge in [0.15, 0.2) is 6.10 Å². The third-order valence-electron chi connectivity index (χ3n) is 3.69. The first-order valence-electron chi connectivity index (χ1n) is 7.09. The van der Waals surface area contributed by atoms with E-state index in [1.807, 2.05) is 11.9 Å². The molecule has 21 heavy (non-hydrogen) atoms. The number of carbonyl (C=O) groups is 1. The first kappa shape index (κ1) is 16.2. The average Bonchev–Trinajstić information content (AvgIpc) is 2.49. The summed E-state index contributed by atoms with van der Waals surface area (Å²) in [6.45, 7) is 3.18. The molecule has 1 heterocycles. The predicted octanol–water partition coefficient (Wildman–Crippen LogP) is 2.57. The number of nitrogens with one attached hydrogen (secondary N) is 1. The highest BCUT2D eigenvalue weighted by atomic mass is 79.9. The van der Waals surface area contributed by atoms with E-state index in [2.05, 4.69) is 21.2 Å². The largest absolute Gasteiger partial charge is 0.480 e. The van der Waals surface area contributed by atoms with E-state index in [0.717, 1.165) is 19.4 Å². The number of halogens is 2. The minimum Gasteiger partial charge on any atom is -0.480 e. The van der Waals surface area contributed by atoms with Crippen molar-refractivity contribution in [3.8, 4) is 5.75 Å². The van der Waals surface area contributed by atoms with E-state index in [4.69, 9.17) is 4.74 Å². The summed E-state index contributed by atoms with van der Waals surface area (Å²) in [5.41, 5.74) is 0. The molecular formula is C15H20BrFN2O2. The molecule has 1 aromatic rings. The molecule has 1 fully saturated rings. The van der Waals surface area contributed by atoms with Crippen molar-refractivity contribution in [1.82, 2.24) is 10.2 Å². The maximum atomic E-state index is 13.0. The molecule has 0 saturated carbocycles. The molecule has 0 aliphatic carbocycles. The molecule has 0 spiro atoms. The minimum absolute atomic E-state index is 0.0359. The van der Waals surface area contributed by atoms with Crippen LogP contribution in [0.3, 0.4) is 0 Å². The molecule has 2 rings (SSSR count). The molecule has 1 N–H and O–H groups in total. The Hall–Kier alpha value is -1.14. The Morgan fingerprint density at radius 3 is 3.00 bits per heavy atom. The van der Waals surface area contributed by atoms with E-state index in [0.29, 0.717) is 22.8 Å². The van der Waals surface area contributed by atoms with Gasteiger partial charge in [-0.3, -0.25) is 4.79 Å². The fraction of sp³-hybridized carbons (Fsp3) is 0.533. The standard InChI is InChI=1S/C15H20BrFN2O2/c1-10(21-14-6-5-11(17)8-13(14)16)15(20)19-7-3-4-12(9-19)18-2/h5-6,8,10,12,18H,3-4,7,9H2,1-2H3/t10-,12+/m1/s1. The zero-order chi connectivity index (χ0) is 15.4. The molecule has 0 aromatic heterocycles. The Bertz CT molecular complexity index is 512. The molecule has 1 amide bonds. The quantitative estimate of drug-likeness (QED) is 0.899. The first-order chi connectivity index (χ1) is 10.0. The van der Waals surface area contributed by atoms with Gasteiger partial charge in [-0.15, -0.1) is 0 Å². The van der Waals surface area contributed by atoms with Crippen LogP contribution in [-0.2, 0) is 4.79 Å². The Kier molecular flexibility index (Phi) is 5.58. The van der Waals surface area contributed by atoms with Crippen LogP contribution in [0.1, 0.15) is 19.8 Å². The van der Waals surface area contributed by atoms with Crippen molar-refractivity contribution in [2.24, 2.45) is 0 Å². The molecule has 1 aromatic carbocycles. The molecule has 0 bridgehead atoms. The van der Waals surface area contributed by atoms with Crippen LogP contribution >= 0.6 is 15.9 Å². The highest BCUT2D eigenvalue weighted by molar-refractivity contribution is 9.10. The molecule has 1 aliphatic heterocycles. The second-order valence-corrected chi connectivity index (χ2v) is 6.10. The van der Waals surface area contributed by atoms with Crippen LogP contribution in [0.2, 0.25) is 0 Å². The normalized spacial score (nSPS) is 20.2. The van der Waals surface area contributed by atoms with E-state index in [1.54, 1.807) is 6.92 Å². The summed E-state index contributed by atoms with van der Waals surface area (Å²) in [7, 11) is 1.91. The van der Waals surface area contributed by atoms with E-state index in [1.165, 1.54) is 18.2 Å².